The van der Waals surface area contributed by atoms with Gasteiger partial charge in [-0.15, -0.1) is 0 Å². The van der Waals surface area contributed by atoms with Crippen LogP contribution in [0.15, 0.2) is 23.2 Å². The van der Waals surface area contributed by atoms with Gasteiger partial charge < -0.3 is 24.6 Å². The Hall–Kier alpha value is -2.58. The molecule has 0 bridgehead atoms. The second kappa shape index (κ2) is 12.8. The fourth-order valence-corrected chi connectivity index (χ4v) is 2.70. The van der Waals surface area contributed by atoms with Crippen LogP contribution in [0.4, 0.5) is 8.78 Å². The van der Waals surface area contributed by atoms with E-state index in [0.29, 0.717) is 38.7 Å². The average Bonchev–Trinajstić information content (AvgIpc) is 2.67. The predicted octanol–water partition coefficient (Wildman–Crippen LogP) is 2.95. The van der Waals surface area contributed by atoms with Gasteiger partial charge in [-0.2, -0.15) is 8.78 Å². The highest BCUT2D eigenvalue weighted by atomic mass is 19.3. The minimum atomic E-state index is -2.92. The van der Waals surface area contributed by atoms with Crippen LogP contribution in [-0.4, -0.2) is 68.1 Å². The van der Waals surface area contributed by atoms with Crippen molar-refractivity contribution in [3.63, 3.8) is 0 Å². The Morgan fingerprint density at radius 3 is 2.41 bits per heavy atom. The van der Waals surface area contributed by atoms with Gasteiger partial charge >= 0.3 is 6.61 Å². The number of amides is 1. The van der Waals surface area contributed by atoms with Crippen LogP contribution in [0.25, 0.3) is 0 Å². The van der Waals surface area contributed by atoms with E-state index >= 15 is 0 Å². The first kappa shape index (κ1) is 24.5. The van der Waals surface area contributed by atoms with E-state index in [2.05, 4.69) is 15.0 Å². The standard InChI is InChI=1S/C20H32F2N4O3/c1-6-23-20(25(5)14-18(27)26(7-2)8-3)24-13-15-10-11-16(29-19(21)22)17(12-15)28-9-4/h10-12,19H,6-9,13-14H2,1-5H3,(H,23,24). The molecule has 0 heterocycles. The Morgan fingerprint density at radius 2 is 1.86 bits per heavy atom. The van der Waals surface area contributed by atoms with Gasteiger partial charge in [-0.25, -0.2) is 4.99 Å². The molecule has 1 aromatic carbocycles. The van der Waals surface area contributed by atoms with Crippen molar-refractivity contribution in [3.05, 3.63) is 23.8 Å². The lowest BCUT2D eigenvalue weighted by atomic mass is 10.2. The van der Waals surface area contributed by atoms with Crippen molar-refractivity contribution in [1.82, 2.24) is 15.1 Å². The first-order chi connectivity index (χ1) is 13.9. The number of nitrogens with zero attached hydrogens (tertiary/aromatic N) is 3. The van der Waals surface area contributed by atoms with Crippen LogP contribution in [0.2, 0.25) is 0 Å². The van der Waals surface area contributed by atoms with Gasteiger partial charge in [-0.1, -0.05) is 6.07 Å². The summed E-state index contributed by atoms with van der Waals surface area (Å²) in [6.45, 7) is 7.46. The highest BCUT2D eigenvalue weighted by molar-refractivity contribution is 5.86. The maximum atomic E-state index is 12.5. The molecule has 0 saturated heterocycles. The van der Waals surface area contributed by atoms with Crippen molar-refractivity contribution in [3.8, 4) is 11.5 Å². The van der Waals surface area contributed by atoms with Crippen LogP contribution >= 0.6 is 0 Å². The number of aliphatic imine (C=N–C) groups is 1. The lowest BCUT2D eigenvalue weighted by Gasteiger charge is -2.25. The SMILES string of the molecule is CCNC(=NCc1ccc(OC(F)F)c(OCC)c1)N(C)CC(=O)N(CC)CC. The van der Waals surface area contributed by atoms with E-state index in [1.807, 2.05) is 20.8 Å². The van der Waals surface area contributed by atoms with E-state index in [0.717, 1.165) is 5.56 Å². The van der Waals surface area contributed by atoms with Crippen molar-refractivity contribution in [1.29, 1.82) is 0 Å². The van der Waals surface area contributed by atoms with Crippen LogP contribution < -0.4 is 14.8 Å². The molecule has 0 aliphatic carbocycles. The fourth-order valence-electron chi connectivity index (χ4n) is 2.70. The van der Waals surface area contributed by atoms with E-state index < -0.39 is 6.61 Å². The fraction of sp³-hybridized carbons (Fsp3) is 0.600. The van der Waals surface area contributed by atoms with Gasteiger partial charge in [0, 0.05) is 26.7 Å². The Morgan fingerprint density at radius 1 is 1.17 bits per heavy atom. The summed E-state index contributed by atoms with van der Waals surface area (Å²) in [5.74, 6) is 0.841. The number of ether oxygens (including phenoxy) is 2. The maximum Gasteiger partial charge on any atom is 0.387 e. The number of likely N-dealkylation sites (N-methyl/N-ethyl adjacent to an activating group) is 2. The monoisotopic (exact) mass is 414 g/mol. The van der Waals surface area contributed by atoms with E-state index in [1.165, 1.54) is 6.07 Å². The lowest BCUT2D eigenvalue weighted by Crippen LogP contribution is -2.45. The first-order valence-electron chi connectivity index (χ1n) is 9.83. The number of alkyl halides is 2. The van der Waals surface area contributed by atoms with Crippen LogP contribution in [-0.2, 0) is 11.3 Å². The molecule has 1 N–H and O–H groups in total. The Labute approximate surface area is 171 Å². The number of benzene rings is 1. The molecule has 7 nitrogen and oxygen atoms in total. The van der Waals surface area contributed by atoms with Gasteiger partial charge in [0.05, 0.1) is 19.7 Å². The summed E-state index contributed by atoms with van der Waals surface area (Å²) in [7, 11) is 1.80. The zero-order valence-electron chi connectivity index (χ0n) is 17.9. The number of halogens is 2. The van der Waals surface area contributed by atoms with Crippen molar-refractivity contribution in [2.45, 2.75) is 40.9 Å². The molecule has 0 fully saturated rings. The predicted molar refractivity (Wildman–Crippen MR) is 110 cm³/mol. The lowest BCUT2D eigenvalue weighted by molar-refractivity contribution is -0.131. The van der Waals surface area contributed by atoms with E-state index in [-0.39, 0.29) is 24.0 Å². The number of guanidine groups is 1. The summed E-state index contributed by atoms with van der Waals surface area (Å²) in [6, 6.07) is 4.74. The number of rotatable bonds is 11. The number of nitrogens with one attached hydrogen (secondary N) is 1. The largest absolute Gasteiger partial charge is 0.490 e. The Bertz CT molecular complexity index is 667. The molecule has 1 aromatic rings. The maximum absolute atomic E-state index is 12.5. The number of carbonyl (C=O) groups is 1. The van der Waals surface area contributed by atoms with Crippen molar-refractivity contribution >= 4 is 11.9 Å². The highest BCUT2D eigenvalue weighted by Gasteiger charge is 2.15. The Kier molecular flexibility index (Phi) is 10.8. The minimum absolute atomic E-state index is 0.0107. The summed E-state index contributed by atoms with van der Waals surface area (Å²) in [4.78, 5) is 20.4. The molecule has 164 valence electrons. The molecule has 0 aromatic heterocycles. The third kappa shape index (κ3) is 8.13. The first-order valence-corrected chi connectivity index (χ1v) is 9.83. The molecule has 0 spiro atoms. The van der Waals surface area contributed by atoms with E-state index in [4.69, 9.17) is 4.74 Å². The summed E-state index contributed by atoms with van der Waals surface area (Å²) in [5, 5.41) is 3.16. The zero-order valence-corrected chi connectivity index (χ0v) is 17.9. The molecule has 0 saturated carbocycles. The molecular weight excluding hydrogens is 382 g/mol. The summed E-state index contributed by atoms with van der Waals surface area (Å²) in [6.07, 6.45) is 0. The molecule has 0 radical (unpaired) electrons. The molecule has 0 aliphatic heterocycles. The quantitative estimate of drug-likeness (QED) is 0.446. The second-order valence-electron chi connectivity index (χ2n) is 6.18. The van der Waals surface area contributed by atoms with Gasteiger partial charge in [-0.05, 0) is 45.4 Å². The highest BCUT2D eigenvalue weighted by Crippen LogP contribution is 2.30. The molecule has 1 rings (SSSR count). The molecule has 29 heavy (non-hydrogen) atoms. The summed E-state index contributed by atoms with van der Waals surface area (Å²) < 4.78 is 35.0. The average molecular weight is 414 g/mol. The van der Waals surface area contributed by atoms with E-state index in [1.54, 1.807) is 35.9 Å². The summed E-state index contributed by atoms with van der Waals surface area (Å²) in [5.41, 5.74) is 0.772. The third-order valence-corrected chi connectivity index (χ3v) is 4.12. The normalized spacial score (nSPS) is 11.4. The zero-order chi connectivity index (χ0) is 21.8. The minimum Gasteiger partial charge on any atom is -0.490 e. The Balaban J connectivity index is 2.94. The van der Waals surface area contributed by atoms with Crippen molar-refractivity contribution in [2.24, 2.45) is 4.99 Å². The van der Waals surface area contributed by atoms with Gasteiger partial charge in [-0.3, -0.25) is 4.79 Å². The molecule has 1 amide bonds. The second-order valence-corrected chi connectivity index (χ2v) is 6.18. The smallest absolute Gasteiger partial charge is 0.387 e. The topological polar surface area (TPSA) is 66.4 Å². The number of hydrogen-bond donors (Lipinski definition) is 1. The number of hydrogen-bond acceptors (Lipinski definition) is 4. The molecule has 0 atom stereocenters. The van der Waals surface area contributed by atoms with Gasteiger partial charge in [0.2, 0.25) is 5.91 Å². The van der Waals surface area contributed by atoms with Crippen LogP contribution in [0.3, 0.4) is 0 Å². The summed E-state index contributed by atoms with van der Waals surface area (Å²) >= 11 is 0. The molecule has 0 unspecified atom stereocenters. The van der Waals surface area contributed by atoms with Crippen LogP contribution in [0, 0.1) is 0 Å². The third-order valence-electron chi connectivity index (χ3n) is 4.12. The van der Waals surface area contributed by atoms with Gasteiger partial charge in [0.15, 0.2) is 17.5 Å². The van der Waals surface area contributed by atoms with Crippen molar-refractivity contribution < 1.29 is 23.0 Å². The van der Waals surface area contributed by atoms with Gasteiger partial charge in [0.1, 0.15) is 0 Å². The molecule has 9 heteroatoms. The van der Waals surface area contributed by atoms with E-state index in [9.17, 15) is 13.6 Å². The van der Waals surface area contributed by atoms with Crippen LogP contribution in [0.5, 0.6) is 11.5 Å². The molecule has 0 aliphatic rings. The molecular formula is C20H32F2N4O3. The van der Waals surface area contributed by atoms with Crippen molar-refractivity contribution in [2.75, 3.05) is 39.8 Å². The van der Waals surface area contributed by atoms with Gasteiger partial charge in [0.25, 0.3) is 0 Å². The van der Waals surface area contributed by atoms with Crippen LogP contribution in [0.1, 0.15) is 33.3 Å². The number of carbonyl (C=O) groups excluding carboxylic acids is 1.